The van der Waals surface area contributed by atoms with Crippen LogP contribution in [0.1, 0.15) is 44.7 Å². The molecule has 0 aliphatic heterocycles. The van der Waals surface area contributed by atoms with Crippen molar-refractivity contribution in [3.63, 3.8) is 0 Å². The molecule has 0 saturated heterocycles. The molecule has 1 atom stereocenters. The van der Waals surface area contributed by atoms with Crippen molar-refractivity contribution < 1.29 is 4.79 Å². The lowest BCUT2D eigenvalue weighted by atomic mass is 10.0. The molecule has 2 N–H and O–H groups in total. The number of hydrogen-bond acceptors (Lipinski definition) is 3. The van der Waals surface area contributed by atoms with Crippen LogP contribution in [0.5, 0.6) is 0 Å². The second kappa shape index (κ2) is 8.43. The number of hydrogen-bond donors (Lipinski definition) is 1. The quantitative estimate of drug-likeness (QED) is 0.838. The number of nitrogens with two attached hydrogens (primary N) is 1. The molecule has 114 valence electrons. The minimum atomic E-state index is -0.435. The normalized spacial score (nSPS) is 12.0. The van der Waals surface area contributed by atoms with Gasteiger partial charge < -0.3 is 10.6 Å². The van der Waals surface area contributed by atoms with Crippen LogP contribution >= 0.6 is 0 Å². The fourth-order valence-electron chi connectivity index (χ4n) is 2.29. The first kappa shape index (κ1) is 17.2. The van der Waals surface area contributed by atoms with Crippen LogP contribution in [0.25, 0.3) is 0 Å². The summed E-state index contributed by atoms with van der Waals surface area (Å²) in [7, 11) is 0. The van der Waals surface area contributed by atoms with E-state index in [1.54, 1.807) is 12.1 Å². The summed E-state index contributed by atoms with van der Waals surface area (Å²) in [5.41, 5.74) is 7.66. The van der Waals surface area contributed by atoms with Gasteiger partial charge in [-0.2, -0.15) is 5.26 Å². The van der Waals surface area contributed by atoms with Gasteiger partial charge in [0.15, 0.2) is 0 Å². The molecule has 0 aliphatic rings. The maximum absolute atomic E-state index is 12.4. The van der Waals surface area contributed by atoms with Crippen LogP contribution in [0, 0.1) is 17.2 Å². The van der Waals surface area contributed by atoms with Crippen molar-refractivity contribution in [1.82, 2.24) is 4.90 Å². The second-order valence-corrected chi connectivity index (χ2v) is 5.80. The van der Waals surface area contributed by atoms with Crippen molar-refractivity contribution in [2.75, 3.05) is 6.54 Å². The molecule has 0 heterocycles. The lowest BCUT2D eigenvalue weighted by Gasteiger charge is -2.26. The van der Waals surface area contributed by atoms with E-state index in [1.165, 1.54) is 0 Å². The average Bonchev–Trinajstić information content (AvgIpc) is 2.46. The predicted molar refractivity (Wildman–Crippen MR) is 84.3 cm³/mol. The lowest BCUT2D eigenvalue weighted by molar-refractivity contribution is -0.133. The van der Waals surface area contributed by atoms with E-state index in [4.69, 9.17) is 11.0 Å². The number of amides is 1. The highest BCUT2D eigenvalue weighted by molar-refractivity contribution is 5.81. The molecule has 1 amide bonds. The first-order chi connectivity index (χ1) is 9.97. The molecule has 0 fully saturated rings. The largest absolute Gasteiger partial charge is 0.337 e. The third kappa shape index (κ3) is 5.57. The van der Waals surface area contributed by atoms with Crippen molar-refractivity contribution in [2.24, 2.45) is 11.7 Å². The van der Waals surface area contributed by atoms with Gasteiger partial charge in [0.05, 0.1) is 17.7 Å². The third-order valence-electron chi connectivity index (χ3n) is 3.30. The highest BCUT2D eigenvalue weighted by Crippen LogP contribution is 2.11. The zero-order valence-electron chi connectivity index (χ0n) is 13.2. The van der Waals surface area contributed by atoms with Crippen molar-refractivity contribution in [2.45, 2.75) is 46.2 Å². The standard InChI is InChI=1S/C17H25N3O/c1-4-9-20(17(21)16(19)10-13(2)3)12-15-7-5-14(11-18)6-8-15/h5-8,13,16H,4,9-10,12,19H2,1-3H3. The summed E-state index contributed by atoms with van der Waals surface area (Å²) in [4.78, 5) is 14.3. The van der Waals surface area contributed by atoms with E-state index in [1.807, 2.05) is 24.0 Å². The highest BCUT2D eigenvalue weighted by Gasteiger charge is 2.21. The van der Waals surface area contributed by atoms with E-state index >= 15 is 0 Å². The molecule has 4 nitrogen and oxygen atoms in total. The minimum Gasteiger partial charge on any atom is -0.337 e. The Labute approximate surface area is 127 Å². The first-order valence-electron chi connectivity index (χ1n) is 7.51. The van der Waals surface area contributed by atoms with Crippen LogP contribution in [-0.4, -0.2) is 23.4 Å². The lowest BCUT2D eigenvalue weighted by Crippen LogP contribution is -2.44. The van der Waals surface area contributed by atoms with E-state index in [2.05, 4.69) is 19.9 Å². The predicted octanol–water partition coefficient (Wildman–Crippen LogP) is 2.67. The van der Waals surface area contributed by atoms with Gasteiger partial charge in [0.2, 0.25) is 5.91 Å². The van der Waals surface area contributed by atoms with E-state index in [9.17, 15) is 4.79 Å². The van der Waals surface area contributed by atoms with Crippen LogP contribution in [0.3, 0.4) is 0 Å². The monoisotopic (exact) mass is 287 g/mol. The van der Waals surface area contributed by atoms with Crippen molar-refractivity contribution in [1.29, 1.82) is 5.26 Å². The third-order valence-corrected chi connectivity index (χ3v) is 3.30. The van der Waals surface area contributed by atoms with Gasteiger partial charge in [-0.05, 0) is 36.5 Å². The molecule has 1 aromatic rings. The van der Waals surface area contributed by atoms with Crippen LogP contribution in [0.15, 0.2) is 24.3 Å². The molecular weight excluding hydrogens is 262 g/mol. The number of carbonyl (C=O) groups is 1. The van der Waals surface area contributed by atoms with Gasteiger partial charge in [-0.3, -0.25) is 4.79 Å². The summed E-state index contributed by atoms with van der Waals surface area (Å²) < 4.78 is 0. The molecule has 1 rings (SSSR count). The van der Waals surface area contributed by atoms with Gasteiger partial charge in [0.1, 0.15) is 0 Å². The SMILES string of the molecule is CCCN(Cc1ccc(C#N)cc1)C(=O)C(N)CC(C)C. The number of nitrogens with zero attached hydrogens (tertiary/aromatic N) is 2. The summed E-state index contributed by atoms with van der Waals surface area (Å²) in [6.07, 6.45) is 1.60. The molecule has 1 aromatic carbocycles. The fraction of sp³-hybridized carbons (Fsp3) is 0.529. The molecule has 0 aliphatic carbocycles. The Morgan fingerprint density at radius 3 is 2.43 bits per heavy atom. The molecule has 0 aromatic heterocycles. The average molecular weight is 287 g/mol. The highest BCUT2D eigenvalue weighted by atomic mass is 16.2. The maximum Gasteiger partial charge on any atom is 0.239 e. The van der Waals surface area contributed by atoms with Crippen molar-refractivity contribution >= 4 is 5.91 Å². The molecule has 0 bridgehead atoms. The zero-order chi connectivity index (χ0) is 15.8. The van der Waals surface area contributed by atoms with Gasteiger partial charge in [-0.15, -0.1) is 0 Å². The van der Waals surface area contributed by atoms with Gasteiger partial charge in [0.25, 0.3) is 0 Å². The fourth-order valence-corrected chi connectivity index (χ4v) is 2.29. The molecule has 4 heteroatoms. The molecule has 21 heavy (non-hydrogen) atoms. The van der Waals surface area contributed by atoms with E-state index < -0.39 is 6.04 Å². The van der Waals surface area contributed by atoms with Crippen LogP contribution in [-0.2, 0) is 11.3 Å². The summed E-state index contributed by atoms with van der Waals surface area (Å²) in [6.45, 7) is 7.43. The minimum absolute atomic E-state index is 0.00918. The Morgan fingerprint density at radius 1 is 1.33 bits per heavy atom. The number of benzene rings is 1. The van der Waals surface area contributed by atoms with Crippen LogP contribution in [0.4, 0.5) is 0 Å². The van der Waals surface area contributed by atoms with E-state index in [-0.39, 0.29) is 5.91 Å². The zero-order valence-corrected chi connectivity index (χ0v) is 13.2. The van der Waals surface area contributed by atoms with Gasteiger partial charge >= 0.3 is 0 Å². The maximum atomic E-state index is 12.4. The van der Waals surface area contributed by atoms with Gasteiger partial charge in [-0.25, -0.2) is 0 Å². The number of carbonyl (C=O) groups excluding carboxylic acids is 1. The molecule has 0 spiro atoms. The Bertz CT molecular complexity index is 488. The van der Waals surface area contributed by atoms with Crippen molar-refractivity contribution in [3.8, 4) is 6.07 Å². The summed E-state index contributed by atoms with van der Waals surface area (Å²) in [6, 6.07) is 8.99. The Kier molecular flexibility index (Phi) is 6.90. The van der Waals surface area contributed by atoms with E-state index in [0.717, 1.165) is 12.0 Å². The number of nitriles is 1. The second-order valence-electron chi connectivity index (χ2n) is 5.80. The summed E-state index contributed by atoms with van der Waals surface area (Å²) in [5, 5.41) is 8.81. The molecule has 0 radical (unpaired) electrons. The van der Waals surface area contributed by atoms with Crippen LogP contribution in [0.2, 0.25) is 0 Å². The Hall–Kier alpha value is -1.86. The van der Waals surface area contributed by atoms with Crippen molar-refractivity contribution in [3.05, 3.63) is 35.4 Å². The Morgan fingerprint density at radius 2 is 1.95 bits per heavy atom. The topological polar surface area (TPSA) is 70.1 Å². The smallest absolute Gasteiger partial charge is 0.239 e. The Balaban J connectivity index is 2.76. The summed E-state index contributed by atoms with van der Waals surface area (Å²) >= 11 is 0. The number of rotatable bonds is 7. The molecule has 1 unspecified atom stereocenters. The summed E-state index contributed by atoms with van der Waals surface area (Å²) in [5.74, 6) is 0.414. The van der Waals surface area contributed by atoms with Gasteiger partial charge in [0, 0.05) is 13.1 Å². The molecule has 0 saturated carbocycles. The van der Waals surface area contributed by atoms with Crippen LogP contribution < -0.4 is 5.73 Å². The molecular formula is C17H25N3O. The van der Waals surface area contributed by atoms with E-state index in [0.29, 0.717) is 31.0 Å². The van der Waals surface area contributed by atoms with Gasteiger partial charge in [-0.1, -0.05) is 32.9 Å². The first-order valence-corrected chi connectivity index (χ1v) is 7.51.